The van der Waals surface area contributed by atoms with Crippen LogP contribution in [-0.2, 0) is 9.59 Å². The minimum atomic E-state index is -1.62. The quantitative estimate of drug-likeness (QED) is 0.726. The van der Waals surface area contributed by atoms with Gasteiger partial charge in [-0.1, -0.05) is 6.07 Å². The SMILES string of the molecule is CC1(C)Oc2ccc(C(O)C(=O)O)cc2NC1=O. The van der Waals surface area contributed by atoms with E-state index in [9.17, 15) is 14.7 Å². The molecule has 1 aromatic carbocycles. The first kappa shape index (κ1) is 12.4. The maximum Gasteiger partial charge on any atom is 0.337 e. The third-order valence-corrected chi connectivity index (χ3v) is 2.71. The molecule has 0 aromatic heterocycles. The summed E-state index contributed by atoms with van der Waals surface area (Å²) in [6.07, 6.45) is -1.62. The molecule has 6 heteroatoms. The predicted molar refractivity (Wildman–Crippen MR) is 62.4 cm³/mol. The van der Waals surface area contributed by atoms with Gasteiger partial charge in [-0.15, -0.1) is 0 Å². The van der Waals surface area contributed by atoms with Gasteiger partial charge in [0, 0.05) is 0 Å². The Labute approximate surface area is 103 Å². The number of hydrogen-bond acceptors (Lipinski definition) is 4. The Morgan fingerprint density at radius 1 is 1.44 bits per heavy atom. The minimum Gasteiger partial charge on any atom is -0.479 e. The Bertz CT molecular complexity index is 523. The van der Waals surface area contributed by atoms with Crippen LogP contribution < -0.4 is 10.1 Å². The molecular formula is C12H13NO5. The first-order valence-electron chi connectivity index (χ1n) is 5.36. The fourth-order valence-corrected chi connectivity index (χ4v) is 1.64. The highest BCUT2D eigenvalue weighted by Gasteiger charge is 2.35. The van der Waals surface area contributed by atoms with Crippen LogP contribution in [0, 0.1) is 0 Å². The standard InChI is InChI=1S/C12H13NO5/c1-12(2)11(17)13-7-5-6(9(14)10(15)16)3-4-8(7)18-12/h3-5,9,14H,1-2H3,(H,13,17)(H,15,16). The number of aliphatic hydroxyl groups excluding tert-OH is 1. The molecular weight excluding hydrogens is 238 g/mol. The number of carbonyl (C=O) groups is 2. The van der Waals surface area contributed by atoms with Crippen molar-refractivity contribution in [1.29, 1.82) is 0 Å². The molecule has 1 unspecified atom stereocenters. The molecule has 3 N–H and O–H groups in total. The zero-order valence-electron chi connectivity index (χ0n) is 9.93. The fourth-order valence-electron chi connectivity index (χ4n) is 1.64. The second-order valence-electron chi connectivity index (χ2n) is 4.56. The first-order valence-corrected chi connectivity index (χ1v) is 5.36. The van der Waals surface area contributed by atoms with E-state index in [0.29, 0.717) is 11.4 Å². The van der Waals surface area contributed by atoms with Crippen LogP contribution in [0.3, 0.4) is 0 Å². The van der Waals surface area contributed by atoms with Gasteiger partial charge in [0.25, 0.3) is 5.91 Å². The maximum absolute atomic E-state index is 11.7. The number of benzene rings is 1. The molecule has 0 fully saturated rings. The number of carbonyl (C=O) groups excluding carboxylic acids is 1. The van der Waals surface area contributed by atoms with Gasteiger partial charge in [0.1, 0.15) is 5.75 Å². The van der Waals surface area contributed by atoms with E-state index in [4.69, 9.17) is 9.84 Å². The van der Waals surface area contributed by atoms with Crippen molar-refractivity contribution in [3.63, 3.8) is 0 Å². The van der Waals surface area contributed by atoms with Crippen molar-refractivity contribution in [2.75, 3.05) is 5.32 Å². The molecule has 1 atom stereocenters. The lowest BCUT2D eigenvalue weighted by molar-refractivity contribution is -0.146. The summed E-state index contributed by atoms with van der Waals surface area (Å²) < 4.78 is 5.49. The zero-order chi connectivity index (χ0) is 13.5. The Balaban J connectivity index is 2.38. The van der Waals surface area contributed by atoms with Gasteiger partial charge in [-0.3, -0.25) is 4.79 Å². The summed E-state index contributed by atoms with van der Waals surface area (Å²) in [5, 5.41) is 20.7. The summed E-state index contributed by atoms with van der Waals surface area (Å²) in [6, 6.07) is 4.37. The number of amides is 1. The van der Waals surface area contributed by atoms with Crippen molar-refractivity contribution in [3.8, 4) is 5.75 Å². The molecule has 18 heavy (non-hydrogen) atoms. The van der Waals surface area contributed by atoms with Gasteiger partial charge < -0.3 is 20.3 Å². The van der Waals surface area contributed by atoms with Crippen molar-refractivity contribution in [2.45, 2.75) is 25.6 Å². The van der Waals surface area contributed by atoms with Crippen LogP contribution in [-0.4, -0.2) is 27.7 Å². The molecule has 1 heterocycles. The lowest BCUT2D eigenvalue weighted by atomic mass is 10.0. The van der Waals surface area contributed by atoms with Crippen LogP contribution in [0.5, 0.6) is 5.75 Å². The van der Waals surface area contributed by atoms with E-state index in [1.807, 2.05) is 0 Å². The third kappa shape index (κ3) is 2.02. The van der Waals surface area contributed by atoms with Crippen LogP contribution >= 0.6 is 0 Å². The molecule has 0 radical (unpaired) electrons. The molecule has 6 nitrogen and oxygen atoms in total. The van der Waals surface area contributed by atoms with Gasteiger partial charge in [0.05, 0.1) is 5.69 Å². The zero-order valence-corrected chi connectivity index (χ0v) is 9.93. The number of nitrogens with one attached hydrogen (secondary N) is 1. The van der Waals surface area contributed by atoms with Crippen LogP contribution in [0.1, 0.15) is 25.5 Å². The molecule has 0 spiro atoms. The second-order valence-corrected chi connectivity index (χ2v) is 4.56. The number of hydrogen-bond donors (Lipinski definition) is 3. The van der Waals surface area contributed by atoms with E-state index in [0.717, 1.165) is 0 Å². The Morgan fingerprint density at radius 2 is 2.11 bits per heavy atom. The molecule has 1 aromatic rings. The van der Waals surface area contributed by atoms with Crippen LogP contribution in [0.25, 0.3) is 0 Å². The smallest absolute Gasteiger partial charge is 0.337 e. The number of fused-ring (bicyclic) bond motifs is 1. The monoisotopic (exact) mass is 251 g/mol. The van der Waals surface area contributed by atoms with Gasteiger partial charge >= 0.3 is 5.97 Å². The van der Waals surface area contributed by atoms with Gasteiger partial charge in [0.15, 0.2) is 11.7 Å². The van der Waals surface area contributed by atoms with Crippen LogP contribution in [0.2, 0.25) is 0 Å². The van der Waals surface area contributed by atoms with Crippen molar-refractivity contribution in [1.82, 2.24) is 0 Å². The largest absolute Gasteiger partial charge is 0.479 e. The van der Waals surface area contributed by atoms with E-state index in [-0.39, 0.29) is 11.5 Å². The summed E-state index contributed by atoms with van der Waals surface area (Å²) in [6.45, 7) is 3.26. The number of anilines is 1. The van der Waals surface area contributed by atoms with E-state index >= 15 is 0 Å². The maximum atomic E-state index is 11.7. The van der Waals surface area contributed by atoms with Crippen molar-refractivity contribution in [3.05, 3.63) is 23.8 Å². The van der Waals surface area contributed by atoms with Crippen LogP contribution in [0.15, 0.2) is 18.2 Å². The summed E-state index contributed by atoms with van der Waals surface area (Å²) in [7, 11) is 0. The normalized spacial score (nSPS) is 18.3. The highest BCUT2D eigenvalue weighted by molar-refractivity contribution is 6.00. The van der Waals surface area contributed by atoms with Gasteiger partial charge in [-0.2, -0.15) is 0 Å². The van der Waals surface area contributed by atoms with E-state index in [1.165, 1.54) is 18.2 Å². The molecule has 0 bridgehead atoms. The highest BCUT2D eigenvalue weighted by atomic mass is 16.5. The number of ether oxygens (including phenoxy) is 1. The Morgan fingerprint density at radius 3 is 2.72 bits per heavy atom. The number of rotatable bonds is 2. The number of carboxylic acid groups (broad SMARTS) is 1. The van der Waals surface area contributed by atoms with Gasteiger partial charge in [-0.25, -0.2) is 4.79 Å². The lowest BCUT2D eigenvalue weighted by Crippen LogP contribution is -2.45. The average molecular weight is 251 g/mol. The first-order chi connectivity index (χ1) is 8.31. The molecule has 96 valence electrons. The number of aliphatic hydroxyl groups is 1. The van der Waals surface area contributed by atoms with Crippen molar-refractivity contribution < 1.29 is 24.5 Å². The van der Waals surface area contributed by atoms with Crippen molar-refractivity contribution in [2.24, 2.45) is 0 Å². The number of carboxylic acids is 1. The fraction of sp³-hybridized carbons (Fsp3) is 0.333. The summed E-state index contributed by atoms with van der Waals surface area (Å²) in [5.74, 6) is -1.23. The summed E-state index contributed by atoms with van der Waals surface area (Å²) in [5.41, 5.74) is -0.429. The highest BCUT2D eigenvalue weighted by Crippen LogP contribution is 2.35. The molecule has 1 aliphatic rings. The Kier molecular flexibility index (Phi) is 2.74. The third-order valence-electron chi connectivity index (χ3n) is 2.71. The second kappa shape index (κ2) is 3.99. The molecule has 0 saturated carbocycles. The Hall–Kier alpha value is -2.08. The molecule has 2 rings (SSSR count). The summed E-state index contributed by atoms with van der Waals surface area (Å²) in [4.78, 5) is 22.3. The lowest BCUT2D eigenvalue weighted by Gasteiger charge is -2.31. The van der Waals surface area contributed by atoms with E-state index < -0.39 is 17.7 Å². The molecule has 1 amide bonds. The van der Waals surface area contributed by atoms with Gasteiger partial charge in [0.2, 0.25) is 0 Å². The topological polar surface area (TPSA) is 95.9 Å². The molecule has 0 aliphatic carbocycles. The molecule has 1 aliphatic heterocycles. The van der Waals surface area contributed by atoms with E-state index in [2.05, 4.69) is 5.32 Å². The van der Waals surface area contributed by atoms with Crippen LogP contribution in [0.4, 0.5) is 5.69 Å². The van der Waals surface area contributed by atoms with E-state index in [1.54, 1.807) is 13.8 Å². The molecule has 0 saturated heterocycles. The average Bonchev–Trinajstić information content (AvgIpc) is 2.28. The van der Waals surface area contributed by atoms with Crippen molar-refractivity contribution >= 4 is 17.6 Å². The predicted octanol–water partition coefficient (Wildman–Crippen LogP) is 0.914. The van der Waals surface area contributed by atoms with Gasteiger partial charge in [-0.05, 0) is 31.5 Å². The number of aliphatic carboxylic acids is 1. The minimum absolute atomic E-state index is 0.185. The summed E-state index contributed by atoms with van der Waals surface area (Å²) >= 11 is 0.